The van der Waals surface area contributed by atoms with Crippen LogP contribution in [0.3, 0.4) is 0 Å². The summed E-state index contributed by atoms with van der Waals surface area (Å²) < 4.78 is 6.24. The third-order valence-electron chi connectivity index (χ3n) is 7.12. The molecule has 1 fully saturated rings. The predicted molar refractivity (Wildman–Crippen MR) is 143 cm³/mol. The number of benzene rings is 4. The molecule has 35 heavy (non-hydrogen) atoms. The summed E-state index contributed by atoms with van der Waals surface area (Å²) in [5, 5.41) is 5.12. The Balaban J connectivity index is 1.55. The molecular formula is C28H28N4O3. The zero-order valence-electron chi connectivity index (χ0n) is 20.0. The predicted octanol–water partition coefficient (Wildman–Crippen LogP) is 3.91. The number of anilines is 1. The highest BCUT2D eigenvalue weighted by Crippen LogP contribution is 2.31. The van der Waals surface area contributed by atoms with Gasteiger partial charge >= 0.3 is 0 Å². The van der Waals surface area contributed by atoms with Crippen LogP contribution in [0, 0.1) is 6.92 Å². The van der Waals surface area contributed by atoms with Crippen molar-refractivity contribution in [1.29, 1.82) is 0 Å². The lowest BCUT2D eigenvalue weighted by Gasteiger charge is -2.32. The molecule has 0 aliphatic carbocycles. The fraction of sp³-hybridized carbons (Fsp3) is 0.286. The van der Waals surface area contributed by atoms with Crippen LogP contribution in [0.1, 0.15) is 5.56 Å². The van der Waals surface area contributed by atoms with Gasteiger partial charge in [-0.05, 0) is 31.7 Å². The smallest absolute Gasteiger partial charge is 0.196 e. The Morgan fingerprint density at radius 1 is 0.914 bits per heavy atom. The molecule has 1 aliphatic heterocycles. The van der Waals surface area contributed by atoms with Crippen LogP contribution < -0.4 is 16.2 Å². The Hall–Kier alpha value is -3.68. The quantitative estimate of drug-likeness (QED) is 0.308. The first-order valence-electron chi connectivity index (χ1n) is 12.1. The van der Waals surface area contributed by atoms with Crippen molar-refractivity contribution in [2.75, 3.05) is 51.6 Å². The molecule has 0 saturated carbocycles. The monoisotopic (exact) mass is 468 g/mol. The van der Waals surface area contributed by atoms with Crippen LogP contribution in [0.2, 0.25) is 0 Å². The second kappa shape index (κ2) is 8.52. The number of piperazine rings is 1. The van der Waals surface area contributed by atoms with Gasteiger partial charge in [-0.1, -0.05) is 30.3 Å². The molecule has 2 heterocycles. The summed E-state index contributed by atoms with van der Waals surface area (Å²) >= 11 is 0. The minimum atomic E-state index is -0.165. The highest BCUT2D eigenvalue weighted by atomic mass is 16.3. The summed E-state index contributed by atoms with van der Waals surface area (Å²) in [7, 11) is 2.14. The highest BCUT2D eigenvalue weighted by Gasteiger charge is 2.19. The number of rotatable bonds is 4. The van der Waals surface area contributed by atoms with Gasteiger partial charge in [-0.2, -0.15) is 0 Å². The molecule has 7 heteroatoms. The maximum absolute atomic E-state index is 13.7. The maximum Gasteiger partial charge on any atom is 0.196 e. The third-order valence-corrected chi connectivity index (χ3v) is 7.12. The molecule has 0 radical (unpaired) electrons. The zero-order valence-corrected chi connectivity index (χ0v) is 20.0. The Morgan fingerprint density at radius 2 is 1.63 bits per heavy atom. The van der Waals surface area contributed by atoms with Crippen molar-refractivity contribution in [3.63, 3.8) is 0 Å². The van der Waals surface area contributed by atoms with Crippen LogP contribution in [0.5, 0.6) is 0 Å². The average Bonchev–Trinajstić information content (AvgIpc) is 2.87. The van der Waals surface area contributed by atoms with Gasteiger partial charge in [-0.3, -0.25) is 14.5 Å². The molecule has 0 bridgehead atoms. The van der Waals surface area contributed by atoms with E-state index in [1.165, 1.54) is 0 Å². The molecule has 0 unspecified atom stereocenters. The summed E-state index contributed by atoms with van der Waals surface area (Å²) in [5.41, 5.74) is 3.98. The van der Waals surface area contributed by atoms with Crippen molar-refractivity contribution in [2.24, 2.45) is 0 Å². The van der Waals surface area contributed by atoms with E-state index >= 15 is 0 Å². The first kappa shape index (κ1) is 21.8. The normalized spacial score (nSPS) is 15.5. The fourth-order valence-corrected chi connectivity index (χ4v) is 5.12. The van der Waals surface area contributed by atoms with Gasteiger partial charge in [-0.25, -0.2) is 0 Å². The number of nitrogens with zero attached hydrogens (tertiary/aromatic N) is 2. The Morgan fingerprint density at radius 3 is 2.37 bits per heavy atom. The van der Waals surface area contributed by atoms with E-state index in [9.17, 15) is 9.59 Å². The molecule has 5 aromatic rings. The SMILES string of the molecule is Cc1ccc2oc3cc(NCCN4CCN(C)CC4)c4c(=O)c5ccccc5c(=O)c4c3[nH]c2c1. The Labute approximate surface area is 201 Å². The topological polar surface area (TPSA) is 81.6 Å². The molecule has 2 N–H and O–H groups in total. The largest absolute Gasteiger partial charge is 0.453 e. The Bertz CT molecular complexity index is 1710. The van der Waals surface area contributed by atoms with Crippen molar-refractivity contribution in [3.8, 4) is 0 Å². The summed E-state index contributed by atoms with van der Waals surface area (Å²) in [5.74, 6) is 0. The summed E-state index contributed by atoms with van der Waals surface area (Å²) in [6.45, 7) is 7.68. The number of aromatic amines is 1. The minimum Gasteiger partial charge on any atom is -0.453 e. The van der Waals surface area contributed by atoms with E-state index < -0.39 is 0 Å². The lowest BCUT2D eigenvalue weighted by Crippen LogP contribution is -2.45. The summed E-state index contributed by atoms with van der Waals surface area (Å²) in [6, 6.07) is 14.8. The summed E-state index contributed by atoms with van der Waals surface area (Å²) in [4.78, 5) is 35.5. The average molecular weight is 469 g/mol. The van der Waals surface area contributed by atoms with Crippen molar-refractivity contribution in [1.82, 2.24) is 14.8 Å². The van der Waals surface area contributed by atoms with Gasteiger partial charge in [0, 0.05) is 56.1 Å². The molecule has 0 amide bonds. The number of nitrogens with one attached hydrogen (secondary N) is 2. The van der Waals surface area contributed by atoms with Crippen LogP contribution in [0.15, 0.2) is 62.5 Å². The van der Waals surface area contributed by atoms with Crippen LogP contribution >= 0.6 is 0 Å². The lowest BCUT2D eigenvalue weighted by molar-refractivity contribution is 0.158. The zero-order chi connectivity index (χ0) is 24.1. The first-order valence-corrected chi connectivity index (χ1v) is 12.1. The number of aromatic nitrogens is 1. The number of hydrogen-bond donors (Lipinski definition) is 2. The molecule has 4 aromatic carbocycles. The van der Waals surface area contributed by atoms with Gasteiger partial charge in [0.1, 0.15) is 0 Å². The van der Waals surface area contributed by atoms with Gasteiger partial charge in [0.25, 0.3) is 0 Å². The molecule has 1 saturated heterocycles. The van der Waals surface area contributed by atoms with Crippen LogP contribution in [-0.2, 0) is 0 Å². The third kappa shape index (κ3) is 3.77. The van der Waals surface area contributed by atoms with E-state index in [2.05, 4.69) is 27.1 Å². The molecule has 1 aromatic heterocycles. The van der Waals surface area contributed by atoms with Gasteiger partial charge in [0.05, 0.1) is 27.5 Å². The second-order valence-electron chi connectivity index (χ2n) is 9.55. The lowest BCUT2D eigenvalue weighted by atomic mass is 9.99. The summed E-state index contributed by atoms with van der Waals surface area (Å²) in [6.07, 6.45) is 0. The van der Waals surface area contributed by atoms with Gasteiger partial charge in [0.15, 0.2) is 22.0 Å². The van der Waals surface area contributed by atoms with Gasteiger partial charge in [-0.15, -0.1) is 0 Å². The van der Waals surface area contributed by atoms with Crippen molar-refractivity contribution in [2.45, 2.75) is 6.92 Å². The van der Waals surface area contributed by atoms with E-state index in [0.29, 0.717) is 50.5 Å². The van der Waals surface area contributed by atoms with E-state index in [0.717, 1.165) is 43.8 Å². The van der Waals surface area contributed by atoms with Gasteiger partial charge in [0.2, 0.25) is 0 Å². The van der Waals surface area contributed by atoms with E-state index in [1.54, 1.807) is 24.3 Å². The highest BCUT2D eigenvalue weighted by molar-refractivity contribution is 6.14. The molecule has 178 valence electrons. The van der Waals surface area contributed by atoms with E-state index in [-0.39, 0.29) is 10.9 Å². The molecule has 7 nitrogen and oxygen atoms in total. The number of hydrogen-bond acceptors (Lipinski definition) is 6. The second-order valence-corrected chi connectivity index (χ2v) is 9.55. The molecule has 1 aliphatic rings. The Kier molecular flexibility index (Phi) is 5.31. The number of fused-ring (bicyclic) bond motifs is 5. The standard InChI is InChI=1S/C28H28N4O3/c1-17-7-8-22-20(15-17)30-26-23(35-22)16-21(29-9-10-32-13-11-31(2)12-14-32)24-25(26)28(34)19-6-4-3-5-18(19)27(24)33/h3-8,15-16,29-30H,9-14H2,1-2H3. The fourth-order valence-electron chi connectivity index (χ4n) is 5.12. The maximum atomic E-state index is 13.7. The number of aryl methyl sites for hydroxylation is 1. The molecule has 0 atom stereocenters. The van der Waals surface area contributed by atoms with Crippen LogP contribution in [-0.4, -0.2) is 61.1 Å². The number of H-pyrrole nitrogens is 1. The molecule has 6 rings (SSSR count). The number of likely N-dealkylation sites (N-methyl/N-ethyl adjacent to an activating group) is 1. The molecule has 0 spiro atoms. The van der Waals surface area contributed by atoms with Crippen molar-refractivity contribution < 1.29 is 4.42 Å². The van der Waals surface area contributed by atoms with Crippen molar-refractivity contribution in [3.05, 3.63) is 74.5 Å². The van der Waals surface area contributed by atoms with Crippen LogP contribution in [0.4, 0.5) is 5.69 Å². The molecular weight excluding hydrogens is 440 g/mol. The van der Waals surface area contributed by atoms with Crippen molar-refractivity contribution >= 4 is 49.4 Å². The van der Waals surface area contributed by atoms with E-state index in [1.807, 2.05) is 31.2 Å². The first-order chi connectivity index (χ1) is 17.0. The van der Waals surface area contributed by atoms with Gasteiger partial charge < -0.3 is 19.6 Å². The van der Waals surface area contributed by atoms with Crippen LogP contribution in [0.25, 0.3) is 43.7 Å². The van der Waals surface area contributed by atoms with E-state index in [4.69, 9.17) is 4.42 Å². The minimum absolute atomic E-state index is 0.142.